The predicted octanol–water partition coefficient (Wildman–Crippen LogP) is 2.21. The fourth-order valence-electron chi connectivity index (χ4n) is 2.83. The van der Waals surface area contributed by atoms with E-state index in [0.717, 1.165) is 0 Å². The second-order valence-corrected chi connectivity index (χ2v) is 5.98. The molecule has 1 aliphatic rings. The van der Waals surface area contributed by atoms with Crippen LogP contribution < -0.4 is 4.74 Å². The third-order valence-corrected chi connectivity index (χ3v) is 3.75. The Morgan fingerprint density at radius 2 is 2.00 bits per heavy atom. The third-order valence-electron chi connectivity index (χ3n) is 3.75. The quantitative estimate of drug-likeness (QED) is 0.855. The number of hydrogen-bond donors (Lipinski definition) is 0. The normalized spacial score (nSPS) is 20.9. The van der Waals surface area contributed by atoms with Gasteiger partial charge in [0.1, 0.15) is 5.75 Å². The topological polar surface area (TPSA) is 77.7 Å². The average molecular weight is 331 g/mol. The van der Waals surface area contributed by atoms with Gasteiger partial charge in [-0.25, -0.2) is 0 Å². The largest absolute Gasteiger partial charge is 0.485 e. The summed E-state index contributed by atoms with van der Waals surface area (Å²) in [7, 11) is 0. The first kappa shape index (κ1) is 16.4. The zero-order valence-electron chi connectivity index (χ0n) is 14.1. The minimum atomic E-state index is -0.0584. The van der Waals surface area contributed by atoms with E-state index >= 15 is 0 Å². The number of carbonyl (C=O) groups is 1. The van der Waals surface area contributed by atoms with E-state index in [9.17, 15) is 4.79 Å². The number of aryl methyl sites for hydroxylation is 1. The molecule has 128 valence electrons. The van der Waals surface area contributed by atoms with Crippen molar-refractivity contribution < 1.29 is 18.8 Å². The molecule has 0 saturated carbocycles. The van der Waals surface area contributed by atoms with Crippen LogP contribution in [0.25, 0.3) is 0 Å². The Balaban J connectivity index is 1.74. The van der Waals surface area contributed by atoms with Gasteiger partial charge in [0.15, 0.2) is 6.61 Å². The highest BCUT2D eigenvalue weighted by Crippen LogP contribution is 2.23. The molecule has 2 aromatic rings. The summed E-state index contributed by atoms with van der Waals surface area (Å²) in [6.45, 7) is 6.95. The molecule has 3 rings (SSSR count). The Bertz CT molecular complexity index is 705. The van der Waals surface area contributed by atoms with Crippen molar-refractivity contribution in [2.75, 3.05) is 13.1 Å². The first-order valence-corrected chi connectivity index (χ1v) is 7.98. The summed E-state index contributed by atoms with van der Waals surface area (Å²) in [6.07, 6.45) is 0.0428. The molecule has 1 aromatic heterocycles. The number of carbonyl (C=O) groups excluding carboxylic acids is 1. The highest BCUT2D eigenvalue weighted by atomic mass is 16.5. The Kier molecular flexibility index (Phi) is 4.80. The second kappa shape index (κ2) is 7.00. The zero-order valence-corrected chi connectivity index (χ0v) is 14.1. The van der Waals surface area contributed by atoms with Crippen molar-refractivity contribution in [1.82, 2.24) is 15.0 Å². The number of nitrogens with zero attached hydrogens (tertiary/aromatic N) is 3. The van der Waals surface area contributed by atoms with Gasteiger partial charge >= 0.3 is 0 Å². The summed E-state index contributed by atoms with van der Waals surface area (Å²) in [6, 6.07) is 7.20. The molecule has 0 radical (unpaired) electrons. The fraction of sp³-hybridized carbons (Fsp3) is 0.471. The van der Waals surface area contributed by atoms with E-state index < -0.39 is 0 Å². The van der Waals surface area contributed by atoms with Crippen molar-refractivity contribution >= 4 is 5.91 Å². The van der Waals surface area contributed by atoms with Crippen LogP contribution in [0.4, 0.5) is 0 Å². The summed E-state index contributed by atoms with van der Waals surface area (Å²) < 4.78 is 16.3. The average Bonchev–Trinajstić information content (AvgIpc) is 2.97. The summed E-state index contributed by atoms with van der Waals surface area (Å²) in [4.78, 5) is 18.8. The molecule has 7 nitrogen and oxygen atoms in total. The highest BCUT2D eigenvalue weighted by molar-refractivity contribution is 5.97. The number of benzene rings is 1. The Labute approximate surface area is 140 Å². The van der Waals surface area contributed by atoms with E-state index in [4.69, 9.17) is 14.0 Å². The van der Waals surface area contributed by atoms with Gasteiger partial charge in [0.25, 0.3) is 5.91 Å². The molecule has 2 heterocycles. The molecule has 1 aromatic carbocycles. The lowest BCUT2D eigenvalue weighted by atomic mass is 10.1. The van der Waals surface area contributed by atoms with Gasteiger partial charge in [0.05, 0.1) is 17.8 Å². The van der Waals surface area contributed by atoms with Crippen molar-refractivity contribution in [3.63, 3.8) is 0 Å². The van der Waals surface area contributed by atoms with Crippen LogP contribution in [0.1, 0.15) is 35.9 Å². The molecule has 0 unspecified atom stereocenters. The van der Waals surface area contributed by atoms with Crippen LogP contribution in [0.2, 0.25) is 0 Å². The lowest BCUT2D eigenvalue weighted by Crippen LogP contribution is -2.48. The van der Waals surface area contributed by atoms with Crippen molar-refractivity contribution in [3.05, 3.63) is 41.5 Å². The van der Waals surface area contributed by atoms with E-state index in [1.165, 1.54) is 0 Å². The lowest BCUT2D eigenvalue weighted by Gasteiger charge is -2.35. The first-order chi connectivity index (χ1) is 11.5. The molecule has 24 heavy (non-hydrogen) atoms. The predicted molar refractivity (Wildman–Crippen MR) is 85.7 cm³/mol. The lowest BCUT2D eigenvalue weighted by molar-refractivity contribution is -0.0586. The molecule has 0 bridgehead atoms. The summed E-state index contributed by atoms with van der Waals surface area (Å²) in [5.41, 5.74) is 0.527. The number of morpholine rings is 1. The zero-order chi connectivity index (χ0) is 17.1. The van der Waals surface area contributed by atoms with E-state index in [-0.39, 0.29) is 24.7 Å². The highest BCUT2D eigenvalue weighted by Gasteiger charge is 2.28. The molecule has 2 atom stereocenters. The molecule has 7 heteroatoms. The molecule has 1 aliphatic heterocycles. The van der Waals surface area contributed by atoms with E-state index in [0.29, 0.717) is 36.1 Å². The van der Waals surface area contributed by atoms with Gasteiger partial charge in [-0.15, -0.1) is 0 Å². The molecule has 0 aliphatic carbocycles. The van der Waals surface area contributed by atoms with Crippen LogP contribution in [-0.4, -0.2) is 46.2 Å². The summed E-state index contributed by atoms with van der Waals surface area (Å²) in [5, 5.41) is 3.79. The van der Waals surface area contributed by atoms with Crippen LogP contribution in [0.15, 0.2) is 28.8 Å². The molecule has 1 amide bonds. The van der Waals surface area contributed by atoms with Crippen LogP contribution in [0.3, 0.4) is 0 Å². The molecular formula is C17H21N3O4. The SMILES string of the molecule is Cc1nc(COc2ccccc2C(=O)N2C[C@@H](C)O[C@@H](C)C2)no1. The maximum atomic E-state index is 12.9. The minimum Gasteiger partial charge on any atom is -0.485 e. The summed E-state index contributed by atoms with van der Waals surface area (Å²) >= 11 is 0. The Hall–Kier alpha value is -2.41. The monoisotopic (exact) mass is 331 g/mol. The van der Waals surface area contributed by atoms with Gasteiger partial charge in [-0.1, -0.05) is 17.3 Å². The van der Waals surface area contributed by atoms with Gasteiger partial charge in [0, 0.05) is 20.0 Å². The standard InChI is InChI=1S/C17H21N3O4/c1-11-8-20(9-12(2)23-11)17(21)14-6-4-5-7-15(14)22-10-16-18-13(3)24-19-16/h4-7,11-12H,8-10H2,1-3H3/t11-,12+. The van der Waals surface area contributed by atoms with Crippen LogP contribution in [0.5, 0.6) is 5.75 Å². The smallest absolute Gasteiger partial charge is 0.257 e. The van der Waals surface area contributed by atoms with Crippen molar-refractivity contribution in [2.24, 2.45) is 0 Å². The molecule has 1 fully saturated rings. The number of aromatic nitrogens is 2. The Morgan fingerprint density at radius 3 is 2.67 bits per heavy atom. The van der Waals surface area contributed by atoms with Gasteiger partial charge < -0.3 is 18.9 Å². The maximum Gasteiger partial charge on any atom is 0.257 e. The van der Waals surface area contributed by atoms with Gasteiger partial charge in [0.2, 0.25) is 11.7 Å². The number of hydrogen-bond acceptors (Lipinski definition) is 6. The maximum absolute atomic E-state index is 12.9. The fourth-order valence-corrected chi connectivity index (χ4v) is 2.83. The summed E-state index contributed by atoms with van der Waals surface area (Å²) in [5.74, 6) is 1.38. The van der Waals surface area contributed by atoms with Crippen LogP contribution in [0, 0.1) is 6.92 Å². The molecule has 1 saturated heterocycles. The van der Waals surface area contributed by atoms with Crippen molar-refractivity contribution in [3.8, 4) is 5.75 Å². The number of ether oxygens (including phenoxy) is 2. The van der Waals surface area contributed by atoms with Crippen molar-refractivity contribution in [1.29, 1.82) is 0 Å². The first-order valence-electron chi connectivity index (χ1n) is 7.98. The van der Waals surface area contributed by atoms with Gasteiger partial charge in [-0.05, 0) is 26.0 Å². The van der Waals surface area contributed by atoms with Gasteiger partial charge in [-0.2, -0.15) is 4.98 Å². The molecule has 0 spiro atoms. The third kappa shape index (κ3) is 3.73. The minimum absolute atomic E-state index is 0.0214. The van der Waals surface area contributed by atoms with E-state index in [1.54, 1.807) is 24.0 Å². The Morgan fingerprint density at radius 1 is 1.29 bits per heavy atom. The number of para-hydroxylation sites is 1. The van der Waals surface area contributed by atoms with Crippen LogP contribution >= 0.6 is 0 Å². The van der Waals surface area contributed by atoms with Crippen LogP contribution in [-0.2, 0) is 11.3 Å². The van der Waals surface area contributed by atoms with E-state index in [1.807, 2.05) is 26.0 Å². The van der Waals surface area contributed by atoms with Gasteiger partial charge in [-0.3, -0.25) is 4.79 Å². The number of rotatable bonds is 4. The molecule has 0 N–H and O–H groups in total. The second-order valence-electron chi connectivity index (χ2n) is 5.98. The van der Waals surface area contributed by atoms with E-state index in [2.05, 4.69) is 10.1 Å². The number of amides is 1. The molecular weight excluding hydrogens is 310 g/mol. The van der Waals surface area contributed by atoms with Crippen molar-refractivity contribution in [2.45, 2.75) is 39.6 Å².